The van der Waals surface area contributed by atoms with Crippen LogP contribution in [0.1, 0.15) is 0 Å². The predicted octanol–water partition coefficient (Wildman–Crippen LogP) is 0.235. The number of nitro groups is 2. The summed E-state index contributed by atoms with van der Waals surface area (Å²) < 4.78 is 4.91. The molecule has 9 nitrogen and oxygen atoms in total. The molecule has 0 radical (unpaired) electrons. The lowest BCUT2D eigenvalue weighted by molar-refractivity contribution is -0.394. The molecule has 0 bridgehead atoms. The number of benzene rings is 1. The van der Waals surface area contributed by atoms with E-state index in [2.05, 4.69) is 0 Å². The van der Waals surface area contributed by atoms with Crippen molar-refractivity contribution in [1.82, 2.24) is 0 Å². The minimum absolute atomic E-state index is 0.210. The zero-order valence-electron chi connectivity index (χ0n) is 9.05. The highest BCUT2D eigenvalue weighted by Gasteiger charge is 2.21. The van der Waals surface area contributed by atoms with E-state index in [1.165, 1.54) is 0 Å². The van der Waals surface area contributed by atoms with Crippen molar-refractivity contribution < 1.29 is 24.8 Å². The highest BCUT2D eigenvalue weighted by molar-refractivity contribution is 5.53. The van der Waals surface area contributed by atoms with Crippen molar-refractivity contribution in [1.29, 1.82) is 0 Å². The van der Waals surface area contributed by atoms with Crippen LogP contribution in [0.5, 0.6) is 5.75 Å². The zero-order chi connectivity index (χ0) is 13.7. The minimum atomic E-state index is -1.18. The van der Waals surface area contributed by atoms with E-state index >= 15 is 0 Å². The Balaban J connectivity index is 2.97. The van der Waals surface area contributed by atoms with Gasteiger partial charge in [-0.15, -0.1) is 0 Å². The summed E-state index contributed by atoms with van der Waals surface area (Å²) in [5.74, 6) is -0.210. The van der Waals surface area contributed by atoms with Crippen LogP contribution in [0.3, 0.4) is 0 Å². The van der Waals surface area contributed by atoms with Crippen molar-refractivity contribution in [2.75, 3.05) is 13.2 Å². The Bertz CT molecular complexity index is 462. The van der Waals surface area contributed by atoms with E-state index in [4.69, 9.17) is 14.9 Å². The van der Waals surface area contributed by atoms with Crippen LogP contribution in [0.15, 0.2) is 18.2 Å². The van der Waals surface area contributed by atoms with Gasteiger partial charge in [0.2, 0.25) is 0 Å². The summed E-state index contributed by atoms with van der Waals surface area (Å²) in [6.07, 6.45) is -1.18. The lowest BCUT2D eigenvalue weighted by Crippen LogP contribution is -2.21. The molecule has 1 aromatic carbocycles. The average molecular weight is 258 g/mol. The molecule has 0 aliphatic carbocycles. The van der Waals surface area contributed by atoms with Crippen molar-refractivity contribution in [2.45, 2.75) is 6.10 Å². The van der Waals surface area contributed by atoms with Crippen LogP contribution < -0.4 is 4.74 Å². The molecule has 18 heavy (non-hydrogen) atoms. The smallest absolute Gasteiger partial charge is 0.317 e. The SMILES string of the molecule is O=[N+]([O-])c1ccc(OC[C@@H](O)CO)c([N+](=O)[O-])c1. The molecule has 0 aliphatic heterocycles. The predicted molar refractivity (Wildman–Crippen MR) is 58.3 cm³/mol. The first kappa shape index (κ1) is 13.8. The molecule has 9 heteroatoms. The van der Waals surface area contributed by atoms with Gasteiger partial charge in [-0.1, -0.05) is 0 Å². The lowest BCUT2D eigenvalue weighted by atomic mass is 10.2. The van der Waals surface area contributed by atoms with Gasteiger partial charge in [0.15, 0.2) is 5.75 Å². The summed E-state index contributed by atoms with van der Waals surface area (Å²) in [6, 6.07) is 2.88. The van der Waals surface area contributed by atoms with Crippen LogP contribution in [0.25, 0.3) is 0 Å². The fraction of sp³-hybridized carbons (Fsp3) is 0.333. The van der Waals surface area contributed by atoms with Crippen LogP contribution in [-0.4, -0.2) is 39.4 Å². The first-order valence-corrected chi connectivity index (χ1v) is 4.80. The van der Waals surface area contributed by atoms with Crippen molar-refractivity contribution in [3.63, 3.8) is 0 Å². The molecular weight excluding hydrogens is 248 g/mol. The Morgan fingerprint density at radius 3 is 2.44 bits per heavy atom. The second-order valence-electron chi connectivity index (χ2n) is 3.31. The van der Waals surface area contributed by atoms with Gasteiger partial charge in [-0.05, 0) is 6.07 Å². The quantitative estimate of drug-likeness (QED) is 0.550. The summed E-state index contributed by atoms with van der Waals surface area (Å²) in [5.41, 5.74) is -1.01. The molecule has 98 valence electrons. The second kappa shape index (κ2) is 5.89. The van der Waals surface area contributed by atoms with E-state index in [1.807, 2.05) is 0 Å². The third-order valence-electron chi connectivity index (χ3n) is 1.99. The number of non-ortho nitro benzene ring substituents is 1. The first-order chi connectivity index (χ1) is 8.45. The number of ether oxygens (including phenoxy) is 1. The van der Waals surface area contributed by atoms with Crippen molar-refractivity contribution >= 4 is 11.4 Å². The maximum atomic E-state index is 10.7. The molecule has 1 aromatic rings. The van der Waals surface area contributed by atoms with E-state index in [1.54, 1.807) is 0 Å². The van der Waals surface area contributed by atoms with Crippen LogP contribution in [0.2, 0.25) is 0 Å². The Hall–Kier alpha value is -2.26. The summed E-state index contributed by atoms with van der Waals surface area (Å²) in [7, 11) is 0. The maximum Gasteiger partial charge on any atom is 0.317 e. The second-order valence-corrected chi connectivity index (χ2v) is 3.31. The highest BCUT2D eigenvalue weighted by Crippen LogP contribution is 2.30. The van der Waals surface area contributed by atoms with Gasteiger partial charge in [-0.25, -0.2) is 0 Å². The number of nitrogens with zero attached hydrogens (tertiary/aromatic N) is 2. The molecule has 2 N–H and O–H groups in total. The number of rotatable bonds is 6. The molecule has 0 aliphatic rings. The van der Waals surface area contributed by atoms with Crippen LogP contribution >= 0.6 is 0 Å². The fourth-order valence-electron chi connectivity index (χ4n) is 1.12. The molecule has 0 unspecified atom stereocenters. The molecule has 0 aromatic heterocycles. The number of hydrogen-bond donors (Lipinski definition) is 2. The Labute approximate surface area is 101 Å². The minimum Gasteiger partial charge on any atom is -0.484 e. The fourth-order valence-corrected chi connectivity index (χ4v) is 1.12. The third-order valence-corrected chi connectivity index (χ3v) is 1.99. The van der Waals surface area contributed by atoms with Gasteiger partial charge in [-0.2, -0.15) is 0 Å². The van der Waals surface area contributed by atoms with Gasteiger partial charge in [0, 0.05) is 6.07 Å². The summed E-state index contributed by atoms with van der Waals surface area (Å²) in [5, 5.41) is 38.8. The van der Waals surface area contributed by atoms with Gasteiger partial charge >= 0.3 is 5.69 Å². The van der Waals surface area contributed by atoms with Crippen LogP contribution in [-0.2, 0) is 0 Å². The van der Waals surface area contributed by atoms with Crippen LogP contribution in [0.4, 0.5) is 11.4 Å². The number of aliphatic hydroxyl groups is 2. The van der Waals surface area contributed by atoms with Gasteiger partial charge in [0.25, 0.3) is 5.69 Å². The van der Waals surface area contributed by atoms with Gasteiger partial charge in [0.1, 0.15) is 12.7 Å². The third kappa shape index (κ3) is 3.37. The number of nitro benzene ring substituents is 2. The van der Waals surface area contributed by atoms with Crippen LogP contribution in [0, 0.1) is 20.2 Å². The van der Waals surface area contributed by atoms with Crippen molar-refractivity contribution in [3.05, 3.63) is 38.4 Å². The molecule has 0 spiro atoms. The van der Waals surface area contributed by atoms with Gasteiger partial charge in [-0.3, -0.25) is 20.2 Å². The number of aliphatic hydroxyl groups excluding tert-OH is 2. The molecule has 0 saturated heterocycles. The molecule has 0 saturated carbocycles. The average Bonchev–Trinajstić information content (AvgIpc) is 2.35. The van der Waals surface area contributed by atoms with Crippen molar-refractivity contribution in [2.24, 2.45) is 0 Å². The molecule has 0 heterocycles. The lowest BCUT2D eigenvalue weighted by Gasteiger charge is -2.09. The van der Waals surface area contributed by atoms with E-state index in [9.17, 15) is 20.2 Å². The normalized spacial score (nSPS) is 11.9. The van der Waals surface area contributed by atoms with Crippen molar-refractivity contribution in [3.8, 4) is 5.75 Å². The monoisotopic (exact) mass is 258 g/mol. The van der Waals surface area contributed by atoms with E-state index in [0.29, 0.717) is 0 Å². The molecule has 0 amide bonds. The topological polar surface area (TPSA) is 136 Å². The molecule has 1 rings (SSSR count). The van der Waals surface area contributed by atoms with E-state index in [-0.39, 0.29) is 12.4 Å². The Kier molecular flexibility index (Phi) is 4.52. The summed E-state index contributed by atoms with van der Waals surface area (Å²) in [6.45, 7) is -0.907. The van der Waals surface area contributed by atoms with Gasteiger partial charge < -0.3 is 14.9 Å². The summed E-state index contributed by atoms with van der Waals surface area (Å²) in [4.78, 5) is 19.6. The Morgan fingerprint density at radius 2 is 1.94 bits per heavy atom. The zero-order valence-corrected chi connectivity index (χ0v) is 9.05. The first-order valence-electron chi connectivity index (χ1n) is 4.80. The highest BCUT2D eigenvalue weighted by atomic mass is 16.6. The van der Waals surface area contributed by atoms with Gasteiger partial charge in [0.05, 0.1) is 22.5 Å². The summed E-state index contributed by atoms with van der Waals surface area (Å²) >= 11 is 0. The maximum absolute atomic E-state index is 10.7. The molecular formula is C9H10N2O7. The number of hydrogen-bond acceptors (Lipinski definition) is 7. The van der Waals surface area contributed by atoms with E-state index in [0.717, 1.165) is 18.2 Å². The Morgan fingerprint density at radius 1 is 1.28 bits per heavy atom. The standard InChI is InChI=1S/C9H10N2O7/c12-4-7(13)5-18-9-2-1-6(10(14)15)3-8(9)11(16)17/h1-3,7,12-13H,4-5H2/t7-/m0/s1. The molecule has 1 atom stereocenters. The largest absolute Gasteiger partial charge is 0.484 e. The molecule has 0 fully saturated rings. The van der Waals surface area contributed by atoms with E-state index < -0.39 is 33.9 Å².